The van der Waals surface area contributed by atoms with Crippen LogP contribution in [0.5, 0.6) is 11.5 Å². The zero-order chi connectivity index (χ0) is 20.1. The van der Waals surface area contributed by atoms with Crippen molar-refractivity contribution < 1.29 is 22.6 Å². The highest BCUT2D eigenvalue weighted by Gasteiger charge is 2.30. The summed E-state index contributed by atoms with van der Waals surface area (Å²) in [6.07, 6.45) is -3.13. The van der Waals surface area contributed by atoms with Gasteiger partial charge in [0.2, 0.25) is 5.95 Å². The molecule has 0 aliphatic heterocycles. The van der Waals surface area contributed by atoms with E-state index in [1.807, 2.05) is 0 Å². The number of nitrogens with one attached hydrogen (secondary N) is 2. The maximum absolute atomic E-state index is 12.8. The Kier molecular flexibility index (Phi) is 5.48. The first-order valence-corrected chi connectivity index (χ1v) is 8.02. The number of hydrogen-bond acceptors (Lipinski definition) is 7. The van der Waals surface area contributed by atoms with Gasteiger partial charge in [-0.15, -0.1) is 5.10 Å². The molecule has 7 nitrogen and oxygen atoms in total. The number of aromatic nitrogens is 3. The molecule has 2 N–H and O–H groups in total. The summed E-state index contributed by atoms with van der Waals surface area (Å²) in [7, 11) is 3.04. The second-order valence-corrected chi connectivity index (χ2v) is 5.56. The molecule has 2 aromatic carbocycles. The molecule has 3 rings (SSSR count). The lowest BCUT2D eigenvalue weighted by Crippen LogP contribution is -2.06. The fourth-order valence-electron chi connectivity index (χ4n) is 2.37. The number of halogens is 3. The molecule has 0 bridgehead atoms. The fourth-order valence-corrected chi connectivity index (χ4v) is 2.37. The molecular weight excluding hydrogens is 375 g/mol. The molecule has 0 unspecified atom stereocenters. The molecule has 0 amide bonds. The van der Waals surface area contributed by atoms with Gasteiger partial charge < -0.3 is 20.1 Å². The molecule has 0 spiro atoms. The Morgan fingerprint density at radius 1 is 0.964 bits per heavy atom. The average Bonchev–Trinajstić information content (AvgIpc) is 2.68. The van der Waals surface area contributed by atoms with Crippen LogP contribution in [0.2, 0.25) is 0 Å². The van der Waals surface area contributed by atoms with E-state index in [9.17, 15) is 13.2 Å². The Labute approximate surface area is 158 Å². The van der Waals surface area contributed by atoms with Crippen LogP contribution in [0.25, 0.3) is 0 Å². The number of anilines is 4. The Balaban J connectivity index is 1.82. The summed E-state index contributed by atoms with van der Waals surface area (Å²) in [6, 6.07) is 9.91. The molecule has 0 saturated heterocycles. The summed E-state index contributed by atoms with van der Waals surface area (Å²) < 4.78 is 49.0. The van der Waals surface area contributed by atoms with Crippen molar-refractivity contribution >= 4 is 23.1 Å². The number of hydrogen-bond donors (Lipinski definition) is 2. The minimum atomic E-state index is -4.43. The lowest BCUT2D eigenvalue weighted by molar-refractivity contribution is -0.137. The minimum Gasteiger partial charge on any atom is -0.497 e. The van der Waals surface area contributed by atoms with Crippen molar-refractivity contribution in [3.63, 3.8) is 0 Å². The van der Waals surface area contributed by atoms with Gasteiger partial charge in [-0.05, 0) is 30.3 Å². The maximum Gasteiger partial charge on any atom is 0.416 e. The molecule has 3 aromatic rings. The van der Waals surface area contributed by atoms with E-state index in [4.69, 9.17) is 9.47 Å². The summed E-state index contributed by atoms with van der Waals surface area (Å²) >= 11 is 0. The van der Waals surface area contributed by atoms with E-state index in [1.165, 1.54) is 32.5 Å². The molecule has 0 atom stereocenters. The highest BCUT2D eigenvalue weighted by atomic mass is 19.4. The maximum atomic E-state index is 12.8. The van der Waals surface area contributed by atoms with Crippen molar-refractivity contribution in [1.29, 1.82) is 0 Å². The summed E-state index contributed by atoms with van der Waals surface area (Å²) in [5, 5.41) is 13.4. The quantitative estimate of drug-likeness (QED) is 0.645. The second kappa shape index (κ2) is 7.99. The smallest absolute Gasteiger partial charge is 0.416 e. The molecule has 146 valence electrons. The van der Waals surface area contributed by atoms with Crippen molar-refractivity contribution in [1.82, 2.24) is 15.2 Å². The SMILES string of the molecule is COc1ccc(OC)c(Nc2nncc(Nc3cccc(C(F)(F)F)c3)n2)c1. The molecule has 0 saturated carbocycles. The van der Waals surface area contributed by atoms with Crippen molar-refractivity contribution in [2.24, 2.45) is 0 Å². The molecule has 10 heteroatoms. The number of methoxy groups -OCH3 is 2. The summed E-state index contributed by atoms with van der Waals surface area (Å²) in [4.78, 5) is 4.21. The number of nitrogens with zero attached hydrogens (tertiary/aromatic N) is 3. The van der Waals surface area contributed by atoms with E-state index >= 15 is 0 Å². The minimum absolute atomic E-state index is 0.128. The second-order valence-electron chi connectivity index (χ2n) is 5.56. The van der Waals surface area contributed by atoms with E-state index in [-0.39, 0.29) is 17.5 Å². The highest BCUT2D eigenvalue weighted by molar-refractivity contribution is 5.66. The first-order chi connectivity index (χ1) is 13.4. The van der Waals surface area contributed by atoms with E-state index in [0.717, 1.165) is 12.1 Å². The van der Waals surface area contributed by atoms with Gasteiger partial charge in [0.25, 0.3) is 0 Å². The van der Waals surface area contributed by atoms with Crippen LogP contribution < -0.4 is 20.1 Å². The van der Waals surface area contributed by atoms with Gasteiger partial charge in [-0.25, -0.2) is 0 Å². The van der Waals surface area contributed by atoms with Crippen LogP contribution in [0.15, 0.2) is 48.7 Å². The molecular formula is C18H16F3N5O2. The Morgan fingerprint density at radius 3 is 2.50 bits per heavy atom. The predicted molar refractivity (Wildman–Crippen MR) is 97.4 cm³/mol. The average molecular weight is 391 g/mol. The number of benzene rings is 2. The van der Waals surface area contributed by atoms with E-state index in [1.54, 1.807) is 18.2 Å². The summed E-state index contributed by atoms with van der Waals surface area (Å²) in [5.74, 6) is 1.47. The van der Waals surface area contributed by atoms with Crippen LogP contribution >= 0.6 is 0 Å². The van der Waals surface area contributed by atoms with Gasteiger partial charge in [0.05, 0.1) is 31.7 Å². The summed E-state index contributed by atoms with van der Waals surface area (Å²) in [6.45, 7) is 0. The predicted octanol–water partition coefficient (Wildman–Crippen LogP) is 4.39. The summed E-state index contributed by atoms with van der Waals surface area (Å²) in [5.41, 5.74) is -0.000847. The topological polar surface area (TPSA) is 81.2 Å². The monoisotopic (exact) mass is 391 g/mol. The van der Waals surface area contributed by atoms with Crippen LogP contribution in [-0.4, -0.2) is 29.4 Å². The van der Waals surface area contributed by atoms with Gasteiger partial charge in [0.1, 0.15) is 11.5 Å². The molecule has 0 aliphatic rings. The molecule has 0 fully saturated rings. The van der Waals surface area contributed by atoms with E-state index in [2.05, 4.69) is 25.8 Å². The lowest BCUT2D eigenvalue weighted by Gasteiger charge is -2.12. The zero-order valence-corrected chi connectivity index (χ0v) is 14.9. The Hall–Kier alpha value is -3.56. The van der Waals surface area contributed by atoms with Crippen LogP contribution in [0.1, 0.15) is 5.56 Å². The van der Waals surface area contributed by atoms with Crippen molar-refractivity contribution in [2.45, 2.75) is 6.18 Å². The molecule has 0 radical (unpaired) electrons. The Morgan fingerprint density at radius 2 is 1.79 bits per heavy atom. The van der Waals surface area contributed by atoms with Crippen molar-refractivity contribution in [3.8, 4) is 11.5 Å². The third-order valence-electron chi connectivity index (χ3n) is 3.67. The van der Waals surface area contributed by atoms with Crippen LogP contribution in [0.4, 0.5) is 36.3 Å². The van der Waals surface area contributed by atoms with Crippen molar-refractivity contribution in [3.05, 3.63) is 54.2 Å². The van der Waals surface area contributed by atoms with Gasteiger partial charge in [-0.1, -0.05) is 6.07 Å². The molecule has 0 aliphatic carbocycles. The third kappa shape index (κ3) is 4.58. The van der Waals surface area contributed by atoms with E-state index in [0.29, 0.717) is 17.2 Å². The zero-order valence-electron chi connectivity index (χ0n) is 14.9. The third-order valence-corrected chi connectivity index (χ3v) is 3.67. The van der Waals surface area contributed by atoms with Crippen LogP contribution in [-0.2, 0) is 6.18 Å². The first kappa shape index (κ1) is 19.2. The number of ether oxygens (including phenoxy) is 2. The normalized spacial score (nSPS) is 11.0. The van der Waals surface area contributed by atoms with Gasteiger partial charge in [-0.2, -0.15) is 23.3 Å². The van der Waals surface area contributed by atoms with Gasteiger partial charge in [0.15, 0.2) is 5.82 Å². The van der Waals surface area contributed by atoms with E-state index < -0.39 is 11.7 Å². The molecule has 1 aromatic heterocycles. The molecule has 28 heavy (non-hydrogen) atoms. The van der Waals surface area contributed by atoms with Crippen LogP contribution in [0.3, 0.4) is 0 Å². The van der Waals surface area contributed by atoms with Crippen molar-refractivity contribution in [2.75, 3.05) is 24.9 Å². The molecule has 1 heterocycles. The number of alkyl halides is 3. The largest absolute Gasteiger partial charge is 0.497 e. The highest BCUT2D eigenvalue weighted by Crippen LogP contribution is 2.32. The van der Waals surface area contributed by atoms with Crippen LogP contribution in [0, 0.1) is 0 Å². The lowest BCUT2D eigenvalue weighted by atomic mass is 10.2. The standard InChI is InChI=1S/C18H16F3N5O2/c1-27-13-6-7-15(28-2)14(9-13)24-17-25-16(10-22-26-17)23-12-5-3-4-11(8-12)18(19,20)21/h3-10H,1-2H3,(H2,23,24,25,26). The van der Waals surface area contributed by atoms with Gasteiger partial charge in [0, 0.05) is 11.8 Å². The first-order valence-electron chi connectivity index (χ1n) is 8.02. The fraction of sp³-hybridized carbons (Fsp3) is 0.167. The Bertz CT molecular complexity index is 966. The van der Waals surface area contributed by atoms with Gasteiger partial charge in [-0.3, -0.25) is 0 Å². The van der Waals surface area contributed by atoms with Gasteiger partial charge >= 0.3 is 6.18 Å². The number of rotatable bonds is 6.